The van der Waals surface area contributed by atoms with Crippen LogP contribution < -0.4 is 5.73 Å². The van der Waals surface area contributed by atoms with Crippen molar-refractivity contribution >= 4 is 22.8 Å². The number of rotatable bonds is 3. The molecule has 2 heterocycles. The first-order chi connectivity index (χ1) is 13.4. The lowest BCUT2D eigenvalue weighted by Gasteiger charge is -2.12. The summed E-state index contributed by atoms with van der Waals surface area (Å²) >= 11 is 1.71. The molecule has 0 saturated carbocycles. The number of thiophene rings is 1. The highest BCUT2D eigenvalue weighted by Gasteiger charge is 2.32. The van der Waals surface area contributed by atoms with Crippen LogP contribution in [0, 0.1) is 32.1 Å². The molecule has 1 aromatic carbocycles. The zero-order valence-corrected chi connectivity index (χ0v) is 16.7. The van der Waals surface area contributed by atoms with Crippen molar-refractivity contribution in [1.82, 2.24) is 5.16 Å². The van der Waals surface area contributed by atoms with Gasteiger partial charge in [-0.25, -0.2) is 0 Å². The molecule has 3 aromatic rings. The maximum atomic E-state index is 11.8. The van der Waals surface area contributed by atoms with Gasteiger partial charge in [0.1, 0.15) is 0 Å². The number of hydrogen-bond donors (Lipinski definition) is 1. The van der Waals surface area contributed by atoms with Gasteiger partial charge in [0.05, 0.1) is 22.9 Å². The highest BCUT2D eigenvalue weighted by atomic mass is 32.1. The molecular formula is C22H19N3O2S. The molecule has 140 valence electrons. The first-order valence-corrected chi connectivity index (χ1v) is 9.80. The van der Waals surface area contributed by atoms with Gasteiger partial charge in [-0.2, -0.15) is 5.26 Å². The largest absolute Gasteiger partial charge is 0.370 e. The molecular weight excluding hydrogens is 370 g/mol. The van der Waals surface area contributed by atoms with E-state index >= 15 is 0 Å². The number of allylic oxidation sites excluding steroid dienone is 1. The first kappa shape index (κ1) is 18.2. The third-order valence-corrected chi connectivity index (χ3v) is 6.45. The fourth-order valence-electron chi connectivity index (χ4n) is 3.74. The Morgan fingerprint density at radius 3 is 2.61 bits per heavy atom. The van der Waals surface area contributed by atoms with Gasteiger partial charge in [0.2, 0.25) is 5.91 Å². The monoisotopic (exact) mass is 389 g/mol. The molecule has 1 amide bonds. The van der Waals surface area contributed by atoms with E-state index in [1.807, 2.05) is 31.2 Å². The second kappa shape index (κ2) is 6.77. The Morgan fingerprint density at radius 1 is 1.25 bits per heavy atom. The van der Waals surface area contributed by atoms with Crippen LogP contribution in [0.25, 0.3) is 16.0 Å². The van der Waals surface area contributed by atoms with Crippen LogP contribution in [0.3, 0.4) is 0 Å². The van der Waals surface area contributed by atoms with E-state index in [-0.39, 0.29) is 12.3 Å². The molecule has 0 fully saturated rings. The summed E-state index contributed by atoms with van der Waals surface area (Å²) in [6.45, 7) is 6.14. The van der Waals surface area contributed by atoms with E-state index in [1.54, 1.807) is 11.3 Å². The van der Waals surface area contributed by atoms with Crippen LogP contribution >= 0.6 is 11.3 Å². The van der Waals surface area contributed by atoms with Gasteiger partial charge in [-0.3, -0.25) is 4.79 Å². The lowest BCUT2D eigenvalue weighted by Crippen LogP contribution is -2.14. The van der Waals surface area contributed by atoms with Gasteiger partial charge in [-0.05, 0) is 49.6 Å². The number of amides is 1. The zero-order chi connectivity index (χ0) is 20.0. The fourth-order valence-corrected chi connectivity index (χ4v) is 5.01. The summed E-state index contributed by atoms with van der Waals surface area (Å²) < 4.78 is 5.67. The number of aromatic nitrogens is 1. The topological polar surface area (TPSA) is 92.9 Å². The predicted octanol–water partition coefficient (Wildman–Crippen LogP) is 4.60. The second-order valence-electron chi connectivity index (χ2n) is 7.04. The molecule has 5 nitrogen and oxygen atoms in total. The quantitative estimate of drug-likeness (QED) is 0.708. The average molecular weight is 389 g/mol. The molecule has 0 saturated heterocycles. The molecule has 0 aliphatic heterocycles. The van der Waals surface area contributed by atoms with Gasteiger partial charge in [0.25, 0.3) is 0 Å². The van der Waals surface area contributed by atoms with Crippen molar-refractivity contribution in [2.24, 2.45) is 5.73 Å². The normalized spacial score (nSPS) is 15.2. The van der Waals surface area contributed by atoms with Crippen molar-refractivity contribution < 1.29 is 9.32 Å². The summed E-state index contributed by atoms with van der Waals surface area (Å²) in [7, 11) is 0. The number of carbonyl (C=O) groups excluding carboxylic acids is 1. The molecule has 0 spiro atoms. The molecule has 0 bridgehead atoms. The number of primary amides is 1. The molecule has 2 aromatic heterocycles. The lowest BCUT2D eigenvalue weighted by molar-refractivity contribution is -0.118. The van der Waals surface area contributed by atoms with Crippen molar-refractivity contribution in [2.45, 2.75) is 33.1 Å². The number of nitrogens with two attached hydrogens (primary N) is 1. The maximum absolute atomic E-state index is 11.8. The predicted molar refractivity (Wildman–Crippen MR) is 109 cm³/mol. The highest BCUT2D eigenvalue weighted by molar-refractivity contribution is 7.16. The Balaban J connectivity index is 2.02. The minimum Gasteiger partial charge on any atom is -0.370 e. The van der Waals surface area contributed by atoms with E-state index < -0.39 is 5.91 Å². The third kappa shape index (κ3) is 2.85. The van der Waals surface area contributed by atoms with Crippen molar-refractivity contribution in [3.8, 4) is 16.5 Å². The Kier molecular flexibility index (Phi) is 4.40. The van der Waals surface area contributed by atoms with E-state index in [1.165, 1.54) is 10.4 Å². The number of carbonyl (C=O) groups is 1. The molecule has 1 aliphatic carbocycles. The summed E-state index contributed by atoms with van der Waals surface area (Å²) in [6.07, 6.45) is 2.20. The summed E-state index contributed by atoms with van der Waals surface area (Å²) in [6, 6.07) is 9.66. The molecule has 6 heteroatoms. The van der Waals surface area contributed by atoms with Crippen molar-refractivity contribution in [3.63, 3.8) is 0 Å². The number of benzene rings is 1. The van der Waals surface area contributed by atoms with E-state index in [0.717, 1.165) is 32.8 Å². The Bertz CT molecular complexity index is 1160. The third-order valence-electron chi connectivity index (χ3n) is 5.22. The lowest BCUT2D eigenvalue weighted by atomic mass is 9.91. The summed E-state index contributed by atoms with van der Waals surface area (Å²) in [5, 5.41) is 13.3. The molecule has 0 unspecified atom stereocenters. The molecule has 2 N–H and O–H groups in total. The van der Waals surface area contributed by atoms with E-state index in [9.17, 15) is 4.79 Å². The van der Waals surface area contributed by atoms with Crippen LogP contribution in [0.1, 0.15) is 50.9 Å². The SMILES string of the molecule is Cc1noc2c1-c1sc(C)c(C)c1C(c1ccc(C#N)cc1)=C[C@H]2CC(N)=O. The van der Waals surface area contributed by atoms with Gasteiger partial charge in [-0.1, -0.05) is 23.4 Å². The van der Waals surface area contributed by atoms with E-state index in [2.05, 4.69) is 31.1 Å². The van der Waals surface area contributed by atoms with Crippen molar-refractivity contribution in [1.29, 1.82) is 5.26 Å². The van der Waals surface area contributed by atoms with Crippen molar-refractivity contribution in [3.05, 3.63) is 68.9 Å². The van der Waals surface area contributed by atoms with E-state index in [0.29, 0.717) is 11.3 Å². The number of nitriles is 1. The molecule has 0 radical (unpaired) electrons. The molecule has 1 aliphatic rings. The van der Waals surface area contributed by atoms with Gasteiger partial charge in [0.15, 0.2) is 5.76 Å². The second-order valence-corrected chi connectivity index (χ2v) is 8.27. The van der Waals surface area contributed by atoms with Crippen LogP contribution in [0.15, 0.2) is 34.9 Å². The number of aryl methyl sites for hydroxylation is 2. The summed E-state index contributed by atoms with van der Waals surface area (Å²) in [5.74, 6) is -0.000293. The Morgan fingerprint density at radius 2 is 1.96 bits per heavy atom. The van der Waals surface area contributed by atoms with Crippen molar-refractivity contribution in [2.75, 3.05) is 0 Å². The fraction of sp³-hybridized carbons (Fsp3) is 0.227. The van der Waals surface area contributed by atoms with Gasteiger partial charge in [0, 0.05) is 27.7 Å². The van der Waals surface area contributed by atoms with E-state index in [4.69, 9.17) is 15.5 Å². The number of nitrogens with zero attached hydrogens (tertiary/aromatic N) is 2. The molecule has 1 atom stereocenters. The zero-order valence-electron chi connectivity index (χ0n) is 15.9. The summed E-state index contributed by atoms with van der Waals surface area (Å²) in [4.78, 5) is 14.1. The van der Waals surface area contributed by atoms with Crippen LogP contribution in [0.5, 0.6) is 0 Å². The minimum atomic E-state index is -0.390. The molecule has 4 rings (SSSR count). The maximum Gasteiger partial charge on any atom is 0.218 e. The average Bonchev–Trinajstić information content (AvgIpc) is 3.14. The van der Waals surface area contributed by atoms with Crippen LogP contribution in [0.2, 0.25) is 0 Å². The number of hydrogen-bond acceptors (Lipinski definition) is 5. The minimum absolute atomic E-state index is 0.147. The van der Waals surface area contributed by atoms with Gasteiger partial charge >= 0.3 is 0 Å². The Hall–Kier alpha value is -3.17. The first-order valence-electron chi connectivity index (χ1n) is 8.98. The van der Waals surface area contributed by atoms with Gasteiger partial charge in [-0.15, -0.1) is 11.3 Å². The number of fused-ring (bicyclic) bond motifs is 3. The molecule has 28 heavy (non-hydrogen) atoms. The standard InChI is InChI=1S/C22H19N3O2S/c1-11-13(3)28-22-19(11)17(15-6-4-14(10-23)5-7-15)8-16(9-18(24)26)21-20(22)12(2)25-27-21/h4-8,16H,9H2,1-3H3,(H2,24,26)/t16-/m0/s1. The Labute approximate surface area is 167 Å². The highest BCUT2D eigenvalue weighted by Crippen LogP contribution is 2.49. The van der Waals surface area contributed by atoms with Gasteiger partial charge < -0.3 is 10.3 Å². The van der Waals surface area contributed by atoms with Crippen LogP contribution in [-0.2, 0) is 4.79 Å². The summed E-state index contributed by atoms with van der Waals surface area (Å²) in [5.41, 5.74) is 12.3. The van der Waals surface area contributed by atoms with Crippen LogP contribution in [-0.4, -0.2) is 11.1 Å². The van der Waals surface area contributed by atoms with Crippen LogP contribution in [0.4, 0.5) is 0 Å². The smallest absolute Gasteiger partial charge is 0.218 e.